The number of benzene rings is 1. The molecule has 0 aromatic heterocycles. The zero-order valence-corrected chi connectivity index (χ0v) is 15.9. The van der Waals surface area contributed by atoms with Crippen molar-refractivity contribution in [3.63, 3.8) is 0 Å². The Bertz CT molecular complexity index is 794. The van der Waals surface area contributed by atoms with Crippen molar-refractivity contribution in [2.75, 3.05) is 19.3 Å². The highest BCUT2D eigenvalue weighted by atomic mass is 35.5. The van der Waals surface area contributed by atoms with Crippen LogP contribution in [0.5, 0.6) is 0 Å². The first kappa shape index (κ1) is 21.3. The summed E-state index contributed by atoms with van der Waals surface area (Å²) in [7, 11) is -3.67. The normalized spacial score (nSPS) is 19.8. The van der Waals surface area contributed by atoms with Crippen LogP contribution in [0.25, 0.3) is 0 Å². The van der Waals surface area contributed by atoms with Crippen molar-refractivity contribution in [3.05, 3.63) is 33.9 Å². The highest BCUT2D eigenvalue weighted by molar-refractivity contribution is 7.90. The van der Waals surface area contributed by atoms with Crippen molar-refractivity contribution in [3.8, 4) is 0 Å². The molecule has 0 aliphatic carbocycles. The molecule has 25 heavy (non-hydrogen) atoms. The van der Waals surface area contributed by atoms with Crippen LogP contribution in [-0.4, -0.2) is 49.5 Å². The molecule has 1 aliphatic heterocycles. The van der Waals surface area contributed by atoms with E-state index in [1.54, 1.807) is 4.90 Å². The van der Waals surface area contributed by atoms with Gasteiger partial charge in [0.1, 0.15) is 0 Å². The number of carbonyl (C=O) groups is 1. The lowest BCUT2D eigenvalue weighted by atomic mass is 9.79. The lowest BCUT2D eigenvalue weighted by Gasteiger charge is -2.42. The van der Waals surface area contributed by atoms with Crippen molar-refractivity contribution in [2.45, 2.75) is 31.2 Å². The summed E-state index contributed by atoms with van der Waals surface area (Å²) in [6.07, 6.45) is 1.57. The highest BCUT2D eigenvalue weighted by Gasteiger charge is 2.36. The van der Waals surface area contributed by atoms with Crippen molar-refractivity contribution in [1.82, 2.24) is 4.90 Å². The van der Waals surface area contributed by atoms with E-state index in [9.17, 15) is 23.3 Å². The first-order chi connectivity index (χ1) is 10.9. The lowest BCUT2D eigenvalue weighted by molar-refractivity contribution is -0.385. The molecule has 1 fully saturated rings. The molecule has 0 spiro atoms. The number of non-ortho nitro benzene ring substituents is 1. The van der Waals surface area contributed by atoms with Gasteiger partial charge in [-0.3, -0.25) is 14.9 Å². The van der Waals surface area contributed by atoms with Gasteiger partial charge in [0, 0.05) is 43.1 Å². The van der Waals surface area contributed by atoms with Crippen LogP contribution >= 0.6 is 12.4 Å². The molecule has 1 aromatic rings. The van der Waals surface area contributed by atoms with Gasteiger partial charge in [-0.05, 0) is 17.9 Å². The van der Waals surface area contributed by atoms with Gasteiger partial charge in [0.15, 0.2) is 9.84 Å². The third-order valence-electron chi connectivity index (χ3n) is 4.38. The molecule has 0 saturated carbocycles. The van der Waals surface area contributed by atoms with Crippen LogP contribution in [0.4, 0.5) is 5.69 Å². The Kier molecular flexibility index (Phi) is 6.20. The fraction of sp³-hybridized carbons (Fsp3) is 0.533. The van der Waals surface area contributed by atoms with Crippen molar-refractivity contribution in [2.24, 2.45) is 11.1 Å². The summed E-state index contributed by atoms with van der Waals surface area (Å²) in [4.78, 5) is 24.4. The van der Waals surface area contributed by atoms with E-state index in [4.69, 9.17) is 5.73 Å². The molecule has 1 atom stereocenters. The SMILES string of the molecule is CC1(C)CN(C(=O)c2cc([N+](=O)[O-])cc(S(C)(=O)=O)c2)CCC1N.Cl. The van der Waals surface area contributed by atoms with Crippen molar-refractivity contribution < 1.29 is 18.1 Å². The number of carbonyl (C=O) groups excluding carboxylic acids is 1. The summed E-state index contributed by atoms with van der Waals surface area (Å²) in [5.74, 6) is -0.427. The van der Waals surface area contributed by atoms with Crippen LogP contribution in [-0.2, 0) is 9.84 Å². The number of halogens is 1. The topological polar surface area (TPSA) is 124 Å². The second kappa shape index (κ2) is 7.27. The van der Waals surface area contributed by atoms with E-state index >= 15 is 0 Å². The predicted octanol–water partition coefficient (Wildman–Crippen LogP) is 1.62. The minimum Gasteiger partial charge on any atom is -0.338 e. The van der Waals surface area contributed by atoms with Gasteiger partial charge < -0.3 is 10.6 Å². The minimum atomic E-state index is -3.67. The van der Waals surface area contributed by atoms with E-state index in [2.05, 4.69) is 0 Å². The first-order valence-corrected chi connectivity index (χ1v) is 9.35. The Labute approximate surface area is 152 Å². The van der Waals surface area contributed by atoms with E-state index in [1.165, 1.54) is 6.07 Å². The molecule has 1 saturated heterocycles. The van der Waals surface area contributed by atoms with Gasteiger partial charge in [0.2, 0.25) is 0 Å². The molecule has 1 aliphatic rings. The van der Waals surface area contributed by atoms with Crippen molar-refractivity contribution >= 4 is 33.8 Å². The zero-order chi connectivity index (χ0) is 18.3. The van der Waals surface area contributed by atoms with Crippen LogP contribution in [0.15, 0.2) is 23.1 Å². The number of hydrogen-bond acceptors (Lipinski definition) is 6. The van der Waals surface area contributed by atoms with Crippen LogP contribution in [0.1, 0.15) is 30.6 Å². The number of nitro groups is 1. The number of likely N-dealkylation sites (tertiary alicyclic amines) is 1. The van der Waals surface area contributed by atoms with Crippen LogP contribution < -0.4 is 5.73 Å². The Balaban J connectivity index is 0.00000312. The number of piperidine rings is 1. The molecule has 10 heteroatoms. The number of sulfone groups is 1. The molecule has 140 valence electrons. The largest absolute Gasteiger partial charge is 0.338 e. The van der Waals surface area contributed by atoms with E-state index < -0.39 is 26.4 Å². The average molecular weight is 392 g/mol. The number of rotatable bonds is 3. The summed E-state index contributed by atoms with van der Waals surface area (Å²) in [5.41, 5.74) is 5.34. The molecular formula is C15H22ClN3O5S. The van der Waals surface area contributed by atoms with Gasteiger partial charge in [0.25, 0.3) is 11.6 Å². The highest BCUT2D eigenvalue weighted by Crippen LogP contribution is 2.29. The van der Waals surface area contributed by atoms with Crippen LogP contribution in [0, 0.1) is 15.5 Å². The quantitative estimate of drug-likeness (QED) is 0.616. The maximum absolute atomic E-state index is 12.7. The Morgan fingerprint density at radius 1 is 1.36 bits per heavy atom. The molecule has 8 nitrogen and oxygen atoms in total. The van der Waals surface area contributed by atoms with Crippen molar-refractivity contribution in [1.29, 1.82) is 0 Å². The molecule has 1 aromatic carbocycles. The molecule has 2 rings (SSSR count). The van der Waals surface area contributed by atoms with Gasteiger partial charge in [0.05, 0.1) is 9.82 Å². The summed E-state index contributed by atoms with van der Waals surface area (Å²) in [5, 5.41) is 11.0. The number of nitrogens with two attached hydrogens (primary N) is 1. The number of nitrogens with zero attached hydrogens (tertiary/aromatic N) is 2. The van der Waals surface area contributed by atoms with E-state index in [0.717, 1.165) is 18.4 Å². The van der Waals surface area contributed by atoms with Gasteiger partial charge in [-0.2, -0.15) is 0 Å². The predicted molar refractivity (Wildman–Crippen MR) is 95.7 cm³/mol. The molecule has 2 N–H and O–H groups in total. The van der Waals surface area contributed by atoms with E-state index in [-0.39, 0.29) is 34.3 Å². The summed E-state index contributed by atoms with van der Waals surface area (Å²) in [6, 6.07) is 3.21. The second-order valence-corrected chi connectivity index (χ2v) is 8.87. The molecule has 1 unspecified atom stereocenters. The fourth-order valence-electron chi connectivity index (χ4n) is 2.76. The molecule has 1 amide bonds. The first-order valence-electron chi connectivity index (χ1n) is 7.46. The zero-order valence-electron chi connectivity index (χ0n) is 14.3. The number of amides is 1. The lowest BCUT2D eigenvalue weighted by Crippen LogP contribution is -2.54. The fourth-order valence-corrected chi connectivity index (χ4v) is 3.43. The Hall–Kier alpha value is -1.71. The Morgan fingerprint density at radius 2 is 1.96 bits per heavy atom. The summed E-state index contributed by atoms with van der Waals surface area (Å²) < 4.78 is 23.5. The van der Waals surface area contributed by atoms with E-state index in [1.807, 2.05) is 13.8 Å². The third-order valence-corrected chi connectivity index (χ3v) is 5.47. The Morgan fingerprint density at radius 3 is 2.44 bits per heavy atom. The summed E-state index contributed by atoms with van der Waals surface area (Å²) in [6.45, 7) is 4.74. The van der Waals surface area contributed by atoms with Crippen LogP contribution in [0.2, 0.25) is 0 Å². The van der Waals surface area contributed by atoms with Gasteiger partial charge in [-0.25, -0.2) is 8.42 Å². The third kappa shape index (κ3) is 4.68. The van der Waals surface area contributed by atoms with Gasteiger partial charge in [-0.1, -0.05) is 13.8 Å². The molecule has 0 bridgehead atoms. The summed E-state index contributed by atoms with van der Waals surface area (Å²) >= 11 is 0. The second-order valence-electron chi connectivity index (χ2n) is 6.86. The maximum Gasteiger partial charge on any atom is 0.271 e. The van der Waals surface area contributed by atoms with Gasteiger partial charge in [-0.15, -0.1) is 12.4 Å². The molecule has 1 heterocycles. The smallest absolute Gasteiger partial charge is 0.271 e. The number of nitro benzene ring substituents is 1. The molecular weight excluding hydrogens is 370 g/mol. The standard InChI is InChI=1S/C15H21N3O5S.ClH/c1-15(2)9-17(5-4-13(15)16)14(19)10-6-11(18(20)21)8-12(7-10)24(3,22)23;/h6-8,13H,4-5,9,16H2,1-3H3;1H. The molecule has 0 radical (unpaired) electrons. The average Bonchev–Trinajstić information content (AvgIpc) is 2.47. The van der Waals surface area contributed by atoms with Gasteiger partial charge >= 0.3 is 0 Å². The van der Waals surface area contributed by atoms with Crippen LogP contribution in [0.3, 0.4) is 0 Å². The van der Waals surface area contributed by atoms with E-state index in [0.29, 0.717) is 19.5 Å². The maximum atomic E-state index is 12.7. The number of hydrogen-bond donors (Lipinski definition) is 1. The minimum absolute atomic E-state index is 0. The monoisotopic (exact) mass is 391 g/mol.